The maximum absolute atomic E-state index is 10.9. The molecule has 1 unspecified atom stereocenters. The summed E-state index contributed by atoms with van der Waals surface area (Å²) >= 11 is 7.97. The summed E-state index contributed by atoms with van der Waals surface area (Å²) < 4.78 is 7.41. The minimum Gasteiger partial charge on any atom is -0.461 e. The second-order valence-electron chi connectivity index (χ2n) is 3.77. The number of hydrogen-bond donors (Lipinski definition) is 0. The Kier molecular flexibility index (Phi) is 4.00. The van der Waals surface area contributed by atoms with Crippen molar-refractivity contribution in [2.24, 2.45) is 0 Å². The van der Waals surface area contributed by atoms with Gasteiger partial charge in [0.25, 0.3) is 0 Å². The van der Waals surface area contributed by atoms with Crippen molar-refractivity contribution in [3.8, 4) is 0 Å². The zero-order chi connectivity index (χ0) is 13.3. The van der Waals surface area contributed by atoms with Gasteiger partial charge in [-0.05, 0) is 6.92 Å². The van der Waals surface area contributed by atoms with Crippen molar-refractivity contribution in [3.05, 3.63) is 15.3 Å². The lowest BCUT2D eigenvalue weighted by Gasteiger charge is -2.12. The molecule has 2 aromatic heterocycles. The Morgan fingerprint density at radius 2 is 2.33 bits per heavy atom. The van der Waals surface area contributed by atoms with Gasteiger partial charge in [-0.25, -0.2) is 15.0 Å². The first-order valence-corrected chi connectivity index (χ1v) is 6.64. The molecule has 8 heteroatoms. The van der Waals surface area contributed by atoms with Crippen LogP contribution in [0, 0.1) is 3.83 Å². The van der Waals surface area contributed by atoms with Gasteiger partial charge < -0.3 is 9.30 Å². The van der Waals surface area contributed by atoms with Crippen molar-refractivity contribution in [2.75, 3.05) is 0 Å². The molecule has 0 aliphatic rings. The average molecular weight is 381 g/mol. The molecular formula is C10H10ClIN4O2. The van der Waals surface area contributed by atoms with Crippen LogP contribution >= 0.6 is 34.2 Å². The van der Waals surface area contributed by atoms with Gasteiger partial charge in [0.05, 0.1) is 12.9 Å². The van der Waals surface area contributed by atoms with E-state index in [0.29, 0.717) is 26.7 Å². The van der Waals surface area contributed by atoms with Gasteiger partial charge in [0.1, 0.15) is 11.6 Å². The molecule has 0 aliphatic heterocycles. The molecule has 18 heavy (non-hydrogen) atoms. The third-order valence-corrected chi connectivity index (χ3v) is 2.96. The molecule has 0 radical (unpaired) electrons. The van der Waals surface area contributed by atoms with Crippen LogP contribution in [0.5, 0.6) is 0 Å². The molecular weight excluding hydrogens is 370 g/mol. The normalized spacial score (nSPS) is 12.7. The highest BCUT2D eigenvalue weighted by atomic mass is 127. The van der Waals surface area contributed by atoms with Gasteiger partial charge >= 0.3 is 5.97 Å². The Hall–Kier alpha value is -0.960. The quantitative estimate of drug-likeness (QED) is 0.353. The molecule has 0 aliphatic carbocycles. The highest BCUT2D eigenvalue weighted by molar-refractivity contribution is 14.1. The molecule has 2 heterocycles. The van der Waals surface area contributed by atoms with Crippen LogP contribution in [0.3, 0.4) is 0 Å². The summed E-state index contributed by atoms with van der Waals surface area (Å²) in [4.78, 5) is 23.3. The van der Waals surface area contributed by atoms with Gasteiger partial charge in [0.2, 0.25) is 0 Å². The number of rotatable bonds is 3. The van der Waals surface area contributed by atoms with E-state index in [1.807, 2.05) is 22.6 Å². The van der Waals surface area contributed by atoms with Crippen LogP contribution < -0.4 is 0 Å². The topological polar surface area (TPSA) is 69.9 Å². The Balaban J connectivity index is 2.32. The third-order valence-electron chi connectivity index (χ3n) is 2.22. The molecule has 1 atom stereocenters. The third kappa shape index (κ3) is 2.89. The molecule has 0 fully saturated rings. The number of nitrogens with zero attached hydrogens (tertiary/aromatic N) is 4. The van der Waals surface area contributed by atoms with Gasteiger partial charge in [0.15, 0.2) is 14.6 Å². The van der Waals surface area contributed by atoms with E-state index >= 15 is 0 Å². The molecule has 0 bridgehead atoms. The van der Waals surface area contributed by atoms with Crippen LogP contribution in [0.2, 0.25) is 5.15 Å². The van der Waals surface area contributed by atoms with Gasteiger partial charge in [-0.2, -0.15) is 0 Å². The van der Waals surface area contributed by atoms with Crippen molar-refractivity contribution < 1.29 is 9.53 Å². The first-order valence-electron chi connectivity index (χ1n) is 5.18. The van der Waals surface area contributed by atoms with Crippen molar-refractivity contribution >= 4 is 51.3 Å². The summed E-state index contributed by atoms with van der Waals surface area (Å²) in [6, 6.07) is 0. The molecule has 6 nitrogen and oxygen atoms in total. The lowest BCUT2D eigenvalue weighted by Crippen LogP contribution is -2.18. The monoisotopic (exact) mass is 380 g/mol. The lowest BCUT2D eigenvalue weighted by molar-refractivity contribution is -0.145. The number of carbonyl (C=O) groups excluding carboxylic acids is 1. The summed E-state index contributed by atoms with van der Waals surface area (Å²) in [7, 11) is 0. The van der Waals surface area contributed by atoms with E-state index < -0.39 is 0 Å². The van der Waals surface area contributed by atoms with Crippen LogP contribution in [0.15, 0.2) is 6.33 Å². The standard InChI is InChI=1S/C10H10ClIN4O2/c1-5(18-6(2)17)3-16-4-13-7-8(11)14-10(12)15-9(7)16/h4-5H,3H2,1-2H3. The smallest absolute Gasteiger partial charge is 0.302 e. The Morgan fingerprint density at radius 3 is 3.00 bits per heavy atom. The number of hydrogen-bond acceptors (Lipinski definition) is 5. The fraction of sp³-hybridized carbons (Fsp3) is 0.400. The van der Waals surface area contributed by atoms with E-state index in [0.717, 1.165) is 0 Å². The first kappa shape index (κ1) is 13.5. The Morgan fingerprint density at radius 1 is 1.61 bits per heavy atom. The summed E-state index contributed by atoms with van der Waals surface area (Å²) in [5.41, 5.74) is 1.19. The van der Waals surface area contributed by atoms with Crippen LogP contribution in [0.4, 0.5) is 0 Å². The number of ether oxygens (including phenoxy) is 1. The van der Waals surface area contributed by atoms with Crippen molar-refractivity contribution in [3.63, 3.8) is 0 Å². The van der Waals surface area contributed by atoms with Gasteiger partial charge in [-0.3, -0.25) is 4.79 Å². The summed E-state index contributed by atoms with van der Waals surface area (Å²) in [5.74, 6) is -0.311. The summed E-state index contributed by atoms with van der Waals surface area (Å²) in [5, 5.41) is 0.322. The number of imidazole rings is 1. The van der Waals surface area contributed by atoms with E-state index in [4.69, 9.17) is 16.3 Å². The minimum absolute atomic E-state index is 0.258. The second-order valence-corrected chi connectivity index (χ2v) is 5.10. The molecule has 0 aromatic carbocycles. The van der Waals surface area contributed by atoms with Gasteiger partial charge in [0, 0.05) is 29.5 Å². The SMILES string of the molecule is CC(=O)OC(C)Cn1cnc2c(Cl)nc(I)nc21. The van der Waals surface area contributed by atoms with Gasteiger partial charge in [-0.1, -0.05) is 11.6 Å². The molecule has 0 saturated carbocycles. The predicted molar refractivity (Wildman–Crippen MR) is 74.3 cm³/mol. The first-order chi connectivity index (χ1) is 8.47. The van der Waals surface area contributed by atoms with Gasteiger partial charge in [-0.15, -0.1) is 0 Å². The number of aromatic nitrogens is 4. The van der Waals surface area contributed by atoms with E-state index in [9.17, 15) is 4.79 Å². The molecule has 0 saturated heterocycles. The molecule has 2 aromatic rings. The minimum atomic E-state index is -0.311. The number of carbonyl (C=O) groups is 1. The zero-order valence-electron chi connectivity index (χ0n) is 9.72. The molecule has 96 valence electrons. The highest BCUT2D eigenvalue weighted by Gasteiger charge is 2.13. The average Bonchev–Trinajstić information content (AvgIpc) is 2.60. The van der Waals surface area contributed by atoms with E-state index in [1.165, 1.54) is 6.92 Å². The maximum Gasteiger partial charge on any atom is 0.302 e. The van der Waals surface area contributed by atoms with E-state index in [2.05, 4.69) is 15.0 Å². The van der Waals surface area contributed by atoms with Crippen LogP contribution in [-0.2, 0) is 16.1 Å². The Labute approximate surface area is 122 Å². The molecule has 0 spiro atoms. The Bertz CT molecular complexity index is 601. The van der Waals surface area contributed by atoms with Crippen molar-refractivity contribution in [1.29, 1.82) is 0 Å². The van der Waals surface area contributed by atoms with Crippen LogP contribution in [0.1, 0.15) is 13.8 Å². The summed E-state index contributed by atoms with van der Waals surface area (Å²) in [6.45, 7) is 3.66. The molecule has 0 N–H and O–H groups in total. The van der Waals surface area contributed by atoms with Crippen LogP contribution in [0.25, 0.3) is 11.2 Å². The van der Waals surface area contributed by atoms with E-state index in [-0.39, 0.29) is 12.1 Å². The number of fused-ring (bicyclic) bond motifs is 1. The predicted octanol–water partition coefficient (Wildman–Crippen LogP) is 2.04. The fourth-order valence-electron chi connectivity index (χ4n) is 1.62. The zero-order valence-corrected chi connectivity index (χ0v) is 12.6. The van der Waals surface area contributed by atoms with Crippen molar-refractivity contribution in [1.82, 2.24) is 19.5 Å². The number of esters is 1. The van der Waals surface area contributed by atoms with E-state index in [1.54, 1.807) is 17.8 Å². The number of halogens is 2. The fourth-order valence-corrected chi connectivity index (χ4v) is 2.44. The highest BCUT2D eigenvalue weighted by Crippen LogP contribution is 2.19. The second kappa shape index (κ2) is 5.35. The van der Waals surface area contributed by atoms with Crippen molar-refractivity contribution in [2.45, 2.75) is 26.5 Å². The molecule has 2 rings (SSSR count). The molecule has 0 amide bonds. The maximum atomic E-state index is 10.9. The largest absolute Gasteiger partial charge is 0.461 e. The van der Waals surface area contributed by atoms with Crippen LogP contribution in [-0.4, -0.2) is 31.6 Å². The summed E-state index contributed by atoms with van der Waals surface area (Å²) in [6.07, 6.45) is 1.35. The lowest BCUT2D eigenvalue weighted by atomic mass is 10.4.